The van der Waals surface area contributed by atoms with Gasteiger partial charge >= 0.3 is 6.09 Å². The Hall–Kier alpha value is -2.91. The maximum absolute atomic E-state index is 12.9. The summed E-state index contributed by atoms with van der Waals surface area (Å²) < 4.78 is 32.6. The molecule has 0 saturated carbocycles. The number of benzene rings is 2. The lowest BCUT2D eigenvalue weighted by Crippen LogP contribution is -2.45. The Labute approximate surface area is 196 Å². The SMILES string of the molecule is CCCCOC(=O)NC(Cc1ccccc1)C(=O)Nc1ccc(S(=O)(=O)NC(C)(C)C)cc1. The quantitative estimate of drug-likeness (QED) is 0.452. The van der Waals surface area contributed by atoms with Crippen molar-refractivity contribution in [1.29, 1.82) is 0 Å². The fourth-order valence-corrected chi connectivity index (χ4v) is 4.38. The van der Waals surface area contributed by atoms with Gasteiger partial charge in [0.2, 0.25) is 15.9 Å². The zero-order valence-electron chi connectivity index (χ0n) is 19.6. The van der Waals surface area contributed by atoms with Gasteiger partial charge in [0.05, 0.1) is 11.5 Å². The topological polar surface area (TPSA) is 114 Å². The third kappa shape index (κ3) is 9.23. The van der Waals surface area contributed by atoms with Gasteiger partial charge in [-0.25, -0.2) is 17.9 Å². The molecule has 0 fully saturated rings. The van der Waals surface area contributed by atoms with Crippen LogP contribution >= 0.6 is 0 Å². The van der Waals surface area contributed by atoms with Crippen LogP contribution in [0.25, 0.3) is 0 Å². The minimum absolute atomic E-state index is 0.0916. The maximum Gasteiger partial charge on any atom is 0.407 e. The van der Waals surface area contributed by atoms with E-state index in [4.69, 9.17) is 4.74 Å². The highest BCUT2D eigenvalue weighted by Crippen LogP contribution is 2.17. The standard InChI is InChI=1S/C24H33N3O5S/c1-5-6-16-32-23(29)26-21(17-18-10-8-7-9-11-18)22(28)25-19-12-14-20(15-13-19)33(30,31)27-24(2,3)4/h7-15,21,27H,5-6,16-17H2,1-4H3,(H,25,28)(H,26,29). The first-order chi connectivity index (χ1) is 15.5. The molecule has 1 unspecified atom stereocenters. The number of hydrogen-bond donors (Lipinski definition) is 3. The largest absolute Gasteiger partial charge is 0.450 e. The van der Waals surface area contributed by atoms with Crippen molar-refractivity contribution in [2.75, 3.05) is 11.9 Å². The molecule has 0 heterocycles. The minimum atomic E-state index is -3.68. The minimum Gasteiger partial charge on any atom is -0.450 e. The van der Waals surface area contributed by atoms with Crippen LogP contribution in [-0.4, -0.2) is 38.6 Å². The summed E-state index contributed by atoms with van der Waals surface area (Å²) in [6, 6.07) is 14.3. The van der Waals surface area contributed by atoms with Gasteiger partial charge in [0, 0.05) is 17.6 Å². The molecule has 33 heavy (non-hydrogen) atoms. The van der Waals surface area contributed by atoms with Gasteiger partial charge in [-0.3, -0.25) is 4.79 Å². The van der Waals surface area contributed by atoms with Crippen LogP contribution in [0.15, 0.2) is 59.5 Å². The molecule has 9 heteroatoms. The van der Waals surface area contributed by atoms with Gasteiger partial charge in [0.25, 0.3) is 0 Å². The molecule has 8 nitrogen and oxygen atoms in total. The number of ether oxygens (including phenoxy) is 1. The molecule has 1 atom stereocenters. The molecule has 0 aromatic heterocycles. The summed E-state index contributed by atoms with van der Waals surface area (Å²) in [7, 11) is -3.68. The smallest absolute Gasteiger partial charge is 0.407 e. The van der Waals surface area contributed by atoms with Crippen LogP contribution in [0.1, 0.15) is 46.1 Å². The number of nitrogens with one attached hydrogen (secondary N) is 3. The van der Waals surface area contributed by atoms with E-state index in [1.165, 1.54) is 24.3 Å². The predicted molar refractivity (Wildman–Crippen MR) is 128 cm³/mol. The first-order valence-electron chi connectivity index (χ1n) is 10.9. The van der Waals surface area contributed by atoms with Crippen LogP contribution in [-0.2, 0) is 26.0 Å². The van der Waals surface area contributed by atoms with Crippen LogP contribution in [0, 0.1) is 0 Å². The zero-order chi connectivity index (χ0) is 24.5. The van der Waals surface area contributed by atoms with Crippen molar-refractivity contribution in [3.8, 4) is 0 Å². The van der Waals surface area contributed by atoms with Crippen molar-refractivity contribution < 1.29 is 22.7 Å². The van der Waals surface area contributed by atoms with E-state index in [1.807, 2.05) is 37.3 Å². The monoisotopic (exact) mass is 475 g/mol. The first kappa shape index (κ1) is 26.3. The lowest BCUT2D eigenvalue weighted by atomic mass is 10.1. The van der Waals surface area contributed by atoms with E-state index in [0.717, 1.165) is 18.4 Å². The number of carbonyl (C=O) groups excluding carboxylic acids is 2. The molecule has 0 aliphatic rings. The number of unbranched alkanes of at least 4 members (excludes halogenated alkanes) is 1. The van der Waals surface area contributed by atoms with Gasteiger partial charge in [0.1, 0.15) is 6.04 Å². The van der Waals surface area contributed by atoms with E-state index < -0.39 is 33.6 Å². The number of anilines is 1. The van der Waals surface area contributed by atoms with Gasteiger partial charge in [-0.1, -0.05) is 43.7 Å². The molecule has 0 aliphatic carbocycles. The van der Waals surface area contributed by atoms with Crippen LogP contribution in [0.3, 0.4) is 0 Å². The maximum atomic E-state index is 12.9. The van der Waals surface area contributed by atoms with Gasteiger partial charge in [-0.2, -0.15) is 0 Å². The van der Waals surface area contributed by atoms with Gasteiger partial charge in [0.15, 0.2) is 0 Å². The zero-order valence-corrected chi connectivity index (χ0v) is 20.4. The third-order valence-electron chi connectivity index (χ3n) is 4.49. The Bertz CT molecular complexity index is 1020. The van der Waals surface area contributed by atoms with Gasteiger partial charge < -0.3 is 15.4 Å². The van der Waals surface area contributed by atoms with Crippen molar-refractivity contribution in [2.24, 2.45) is 0 Å². The van der Waals surface area contributed by atoms with Crippen molar-refractivity contribution >= 4 is 27.7 Å². The fourth-order valence-electron chi connectivity index (χ4n) is 2.96. The van der Waals surface area contributed by atoms with E-state index in [9.17, 15) is 18.0 Å². The average molecular weight is 476 g/mol. The van der Waals surface area contributed by atoms with Crippen molar-refractivity contribution in [2.45, 2.75) is 63.4 Å². The summed E-state index contributed by atoms with van der Waals surface area (Å²) in [5.74, 6) is -0.435. The molecular formula is C24H33N3O5S. The normalized spacial score (nSPS) is 12.6. The molecule has 2 rings (SSSR count). The Balaban J connectivity index is 2.11. The predicted octanol–water partition coefficient (Wildman–Crippen LogP) is 3.84. The van der Waals surface area contributed by atoms with Crippen molar-refractivity contribution in [1.82, 2.24) is 10.0 Å². The van der Waals surface area contributed by atoms with Crippen LogP contribution in [0.2, 0.25) is 0 Å². The molecule has 2 aromatic rings. The second-order valence-electron chi connectivity index (χ2n) is 8.75. The highest BCUT2D eigenvalue weighted by atomic mass is 32.2. The number of hydrogen-bond acceptors (Lipinski definition) is 5. The summed E-state index contributed by atoms with van der Waals surface area (Å²) >= 11 is 0. The van der Waals surface area contributed by atoms with E-state index in [-0.39, 0.29) is 17.9 Å². The van der Waals surface area contributed by atoms with Crippen molar-refractivity contribution in [3.63, 3.8) is 0 Å². The number of amides is 2. The molecule has 180 valence electrons. The first-order valence-corrected chi connectivity index (χ1v) is 12.4. The Kier molecular flexibility index (Phi) is 9.43. The molecule has 0 radical (unpaired) electrons. The molecular weight excluding hydrogens is 442 g/mol. The Morgan fingerprint density at radius 1 is 1.00 bits per heavy atom. The van der Waals surface area contributed by atoms with E-state index in [2.05, 4.69) is 15.4 Å². The molecule has 0 saturated heterocycles. The number of carbonyl (C=O) groups is 2. The van der Waals surface area contributed by atoms with E-state index >= 15 is 0 Å². The van der Waals surface area contributed by atoms with E-state index in [1.54, 1.807) is 20.8 Å². The summed E-state index contributed by atoms with van der Waals surface area (Å²) in [5.41, 5.74) is 0.670. The number of sulfonamides is 1. The Morgan fingerprint density at radius 3 is 2.21 bits per heavy atom. The molecule has 0 aliphatic heterocycles. The molecule has 2 amide bonds. The highest BCUT2D eigenvalue weighted by Gasteiger charge is 2.24. The average Bonchev–Trinajstić information content (AvgIpc) is 2.73. The van der Waals surface area contributed by atoms with Gasteiger partial charge in [-0.15, -0.1) is 0 Å². The molecule has 2 aromatic carbocycles. The second kappa shape index (κ2) is 11.8. The summed E-state index contributed by atoms with van der Waals surface area (Å²) in [5, 5.41) is 5.36. The summed E-state index contributed by atoms with van der Waals surface area (Å²) in [6.45, 7) is 7.54. The molecule has 0 spiro atoms. The molecule has 0 bridgehead atoms. The van der Waals surface area contributed by atoms with Gasteiger partial charge in [-0.05, 0) is 57.0 Å². The lowest BCUT2D eigenvalue weighted by molar-refractivity contribution is -0.118. The molecule has 3 N–H and O–H groups in total. The van der Waals surface area contributed by atoms with Crippen LogP contribution in [0.4, 0.5) is 10.5 Å². The second-order valence-corrected chi connectivity index (χ2v) is 10.4. The Morgan fingerprint density at radius 2 is 1.64 bits per heavy atom. The summed E-state index contributed by atoms with van der Waals surface area (Å²) in [4.78, 5) is 25.2. The fraction of sp³-hybridized carbons (Fsp3) is 0.417. The summed E-state index contributed by atoms with van der Waals surface area (Å²) in [6.07, 6.45) is 1.24. The number of rotatable bonds is 10. The highest BCUT2D eigenvalue weighted by molar-refractivity contribution is 7.89. The lowest BCUT2D eigenvalue weighted by Gasteiger charge is -2.21. The van der Waals surface area contributed by atoms with Crippen LogP contribution < -0.4 is 15.4 Å². The van der Waals surface area contributed by atoms with Crippen LogP contribution in [0.5, 0.6) is 0 Å². The van der Waals surface area contributed by atoms with E-state index in [0.29, 0.717) is 5.69 Å². The number of alkyl carbamates (subject to hydrolysis) is 1. The third-order valence-corrected chi connectivity index (χ3v) is 6.27. The van der Waals surface area contributed by atoms with Crippen molar-refractivity contribution in [3.05, 3.63) is 60.2 Å².